The predicted molar refractivity (Wildman–Crippen MR) is 95.3 cm³/mol. The second kappa shape index (κ2) is 8.18. The third-order valence-electron chi connectivity index (χ3n) is 4.09. The van der Waals surface area contributed by atoms with Crippen LogP contribution in [-0.2, 0) is 4.79 Å². The average molecular weight is 348 g/mol. The summed E-state index contributed by atoms with van der Waals surface area (Å²) in [6, 6.07) is 14.2. The lowest BCUT2D eigenvalue weighted by Crippen LogP contribution is -2.41. The van der Waals surface area contributed by atoms with E-state index in [0.29, 0.717) is 10.8 Å². The van der Waals surface area contributed by atoms with Crippen LogP contribution in [0, 0.1) is 6.92 Å². The number of carbonyl (C=O) groups excluding carboxylic acids is 1. The molecule has 0 saturated heterocycles. The highest BCUT2D eigenvalue weighted by molar-refractivity contribution is 6.31. The van der Waals surface area contributed by atoms with Crippen molar-refractivity contribution in [3.63, 3.8) is 0 Å². The number of likely N-dealkylation sites (N-methyl/N-ethyl adjacent to an activating group) is 1. The van der Waals surface area contributed by atoms with Gasteiger partial charge in [0, 0.05) is 12.1 Å². The minimum absolute atomic E-state index is 0.0938. The number of amides is 1. The third kappa shape index (κ3) is 4.49. The molecule has 2 unspecified atom stereocenters. The summed E-state index contributed by atoms with van der Waals surface area (Å²) in [5.74, 6) is 0.389. The molecule has 2 rings (SSSR count). The van der Waals surface area contributed by atoms with E-state index in [1.807, 2.05) is 44.2 Å². The lowest BCUT2D eigenvalue weighted by molar-refractivity contribution is -0.136. The van der Waals surface area contributed by atoms with Crippen molar-refractivity contribution in [3.8, 4) is 5.75 Å². The van der Waals surface area contributed by atoms with E-state index in [0.717, 1.165) is 11.1 Å². The van der Waals surface area contributed by atoms with Gasteiger partial charge in [0.25, 0.3) is 5.91 Å². The second-order valence-corrected chi connectivity index (χ2v) is 6.21. The van der Waals surface area contributed by atoms with E-state index in [2.05, 4.69) is 0 Å². The Balaban J connectivity index is 1.94. The smallest absolute Gasteiger partial charge is 0.260 e. The molecule has 5 heteroatoms. The normalized spacial score (nSPS) is 13.2. The molecule has 1 N–H and O–H groups in total. The first-order valence-corrected chi connectivity index (χ1v) is 8.15. The molecule has 0 aromatic heterocycles. The lowest BCUT2D eigenvalue weighted by atomic mass is 10.0. The summed E-state index contributed by atoms with van der Waals surface area (Å²) < 4.78 is 5.53. The van der Waals surface area contributed by atoms with Crippen molar-refractivity contribution in [2.75, 3.05) is 13.7 Å². The Morgan fingerprint density at radius 1 is 1.25 bits per heavy atom. The van der Waals surface area contributed by atoms with Crippen LogP contribution in [0.5, 0.6) is 5.75 Å². The first-order chi connectivity index (χ1) is 11.4. The zero-order chi connectivity index (χ0) is 17.7. The molecule has 0 bridgehead atoms. The van der Waals surface area contributed by atoms with Crippen molar-refractivity contribution in [2.45, 2.75) is 26.0 Å². The Morgan fingerprint density at radius 2 is 1.92 bits per heavy atom. The number of hydrogen-bond donors (Lipinski definition) is 1. The van der Waals surface area contributed by atoms with Gasteiger partial charge in [-0.25, -0.2) is 0 Å². The van der Waals surface area contributed by atoms with E-state index in [9.17, 15) is 9.90 Å². The van der Waals surface area contributed by atoms with Crippen molar-refractivity contribution in [2.24, 2.45) is 0 Å². The van der Waals surface area contributed by atoms with Crippen LogP contribution < -0.4 is 4.74 Å². The van der Waals surface area contributed by atoms with Gasteiger partial charge >= 0.3 is 0 Å². The monoisotopic (exact) mass is 347 g/mol. The summed E-state index contributed by atoms with van der Waals surface area (Å²) in [4.78, 5) is 13.8. The second-order valence-electron chi connectivity index (χ2n) is 5.80. The number of hydrogen-bond acceptors (Lipinski definition) is 3. The fourth-order valence-corrected chi connectivity index (χ4v) is 2.44. The zero-order valence-electron chi connectivity index (χ0n) is 14.1. The van der Waals surface area contributed by atoms with Gasteiger partial charge in [-0.15, -0.1) is 0 Å². The molecule has 0 radical (unpaired) electrons. The highest BCUT2D eigenvalue weighted by Crippen LogP contribution is 2.22. The molecule has 0 fully saturated rings. The van der Waals surface area contributed by atoms with E-state index < -0.39 is 6.10 Å². The SMILES string of the molecule is Cc1cc(OCC(=O)N(C)C(C)C(O)c2ccccc2)ccc1Cl. The predicted octanol–water partition coefficient (Wildman–Crippen LogP) is 3.61. The molecule has 0 aliphatic carbocycles. The summed E-state index contributed by atoms with van der Waals surface area (Å²) in [5, 5.41) is 11.1. The van der Waals surface area contributed by atoms with Crippen LogP contribution >= 0.6 is 11.6 Å². The molecule has 2 aromatic rings. The Labute approximate surface area is 147 Å². The van der Waals surface area contributed by atoms with Crippen LogP contribution in [-0.4, -0.2) is 35.6 Å². The number of nitrogens with zero attached hydrogens (tertiary/aromatic N) is 1. The molecule has 24 heavy (non-hydrogen) atoms. The molecular weight excluding hydrogens is 326 g/mol. The summed E-state index contributed by atoms with van der Waals surface area (Å²) in [6.07, 6.45) is -0.752. The summed E-state index contributed by atoms with van der Waals surface area (Å²) in [7, 11) is 1.66. The summed E-state index contributed by atoms with van der Waals surface area (Å²) >= 11 is 5.97. The Hall–Kier alpha value is -2.04. The Kier molecular flexibility index (Phi) is 6.23. The number of rotatable bonds is 6. The van der Waals surface area contributed by atoms with Crippen molar-refractivity contribution in [3.05, 3.63) is 64.7 Å². The molecule has 0 saturated carbocycles. The van der Waals surface area contributed by atoms with Gasteiger partial charge < -0.3 is 14.7 Å². The number of halogens is 1. The van der Waals surface area contributed by atoms with Crippen molar-refractivity contribution in [1.82, 2.24) is 4.90 Å². The number of aryl methyl sites for hydroxylation is 1. The van der Waals surface area contributed by atoms with Crippen LogP contribution in [0.4, 0.5) is 0 Å². The molecule has 1 amide bonds. The number of carbonyl (C=O) groups is 1. The average Bonchev–Trinajstić information content (AvgIpc) is 2.61. The van der Waals surface area contributed by atoms with Gasteiger partial charge in [-0.1, -0.05) is 41.9 Å². The first-order valence-electron chi connectivity index (χ1n) is 7.77. The highest BCUT2D eigenvalue weighted by atomic mass is 35.5. The maximum absolute atomic E-state index is 12.3. The van der Waals surface area contributed by atoms with Crippen LogP contribution in [0.3, 0.4) is 0 Å². The topological polar surface area (TPSA) is 49.8 Å². The molecule has 0 aliphatic heterocycles. The highest BCUT2D eigenvalue weighted by Gasteiger charge is 2.24. The van der Waals surface area contributed by atoms with E-state index >= 15 is 0 Å². The van der Waals surface area contributed by atoms with Crippen LogP contribution in [0.1, 0.15) is 24.2 Å². The fraction of sp³-hybridized carbons (Fsp3) is 0.316. The van der Waals surface area contributed by atoms with Gasteiger partial charge in [-0.2, -0.15) is 0 Å². The van der Waals surface area contributed by atoms with Crippen molar-refractivity contribution in [1.29, 1.82) is 0 Å². The van der Waals surface area contributed by atoms with Crippen LogP contribution in [0.15, 0.2) is 48.5 Å². The van der Waals surface area contributed by atoms with Gasteiger partial charge in [0.05, 0.1) is 12.1 Å². The molecule has 0 spiro atoms. The molecule has 2 aromatic carbocycles. The van der Waals surface area contributed by atoms with Crippen LogP contribution in [0.25, 0.3) is 0 Å². The number of benzene rings is 2. The number of aliphatic hydroxyl groups excluding tert-OH is 1. The Morgan fingerprint density at radius 3 is 2.54 bits per heavy atom. The zero-order valence-corrected chi connectivity index (χ0v) is 14.8. The molecule has 2 atom stereocenters. The fourth-order valence-electron chi connectivity index (χ4n) is 2.32. The van der Waals surface area contributed by atoms with Gasteiger partial charge in [-0.3, -0.25) is 4.79 Å². The molecule has 128 valence electrons. The van der Waals surface area contributed by atoms with E-state index in [4.69, 9.17) is 16.3 Å². The van der Waals surface area contributed by atoms with E-state index in [1.54, 1.807) is 25.2 Å². The lowest BCUT2D eigenvalue weighted by Gasteiger charge is -2.29. The van der Waals surface area contributed by atoms with E-state index in [1.165, 1.54) is 4.90 Å². The molecule has 0 heterocycles. The maximum atomic E-state index is 12.3. The number of ether oxygens (including phenoxy) is 1. The van der Waals surface area contributed by atoms with E-state index in [-0.39, 0.29) is 18.6 Å². The van der Waals surface area contributed by atoms with Crippen LogP contribution in [0.2, 0.25) is 5.02 Å². The van der Waals surface area contributed by atoms with Gasteiger partial charge in [0.2, 0.25) is 0 Å². The molecule has 0 aliphatic rings. The summed E-state index contributed by atoms with van der Waals surface area (Å²) in [5.41, 5.74) is 1.67. The molecule has 4 nitrogen and oxygen atoms in total. The molecular formula is C19H22ClNO3. The standard InChI is InChI=1S/C19H22ClNO3/c1-13-11-16(9-10-17(13)20)24-12-18(22)21(3)14(2)19(23)15-7-5-4-6-8-15/h4-11,14,19,23H,12H2,1-3H3. The summed E-state index contributed by atoms with van der Waals surface area (Å²) in [6.45, 7) is 3.59. The van der Waals surface area contributed by atoms with Crippen molar-refractivity contribution >= 4 is 17.5 Å². The quantitative estimate of drug-likeness (QED) is 0.868. The third-order valence-corrected chi connectivity index (χ3v) is 4.52. The maximum Gasteiger partial charge on any atom is 0.260 e. The van der Waals surface area contributed by atoms with Gasteiger partial charge in [-0.05, 0) is 43.2 Å². The van der Waals surface area contributed by atoms with Gasteiger partial charge in [0.1, 0.15) is 5.75 Å². The van der Waals surface area contributed by atoms with Crippen molar-refractivity contribution < 1.29 is 14.6 Å². The first kappa shape index (κ1) is 18.3. The number of aliphatic hydroxyl groups is 1. The van der Waals surface area contributed by atoms with Gasteiger partial charge in [0.15, 0.2) is 6.61 Å². The minimum atomic E-state index is -0.752. The largest absolute Gasteiger partial charge is 0.484 e. The Bertz CT molecular complexity index is 690. The minimum Gasteiger partial charge on any atom is -0.484 e.